The number of aromatic nitrogens is 3. The van der Waals surface area contributed by atoms with Crippen molar-refractivity contribution in [3.8, 4) is 16.9 Å². The van der Waals surface area contributed by atoms with Gasteiger partial charge in [-0.25, -0.2) is 0 Å². The molecule has 0 fully saturated rings. The largest absolute Gasteiger partial charge is 0.497 e. The lowest BCUT2D eigenvalue weighted by molar-refractivity contribution is 0.0939. The molecule has 0 saturated carbocycles. The number of amides is 1. The Hall–Kier alpha value is -3.58. The van der Waals surface area contributed by atoms with Crippen molar-refractivity contribution in [3.63, 3.8) is 0 Å². The third-order valence-corrected chi connectivity index (χ3v) is 4.83. The van der Waals surface area contributed by atoms with Crippen molar-refractivity contribution in [2.24, 2.45) is 5.73 Å². The number of fused-ring (bicyclic) bond motifs is 1. The fourth-order valence-electron chi connectivity index (χ4n) is 3.33. The van der Waals surface area contributed by atoms with Gasteiger partial charge in [0.1, 0.15) is 5.75 Å². The Morgan fingerprint density at radius 3 is 2.71 bits per heavy atom. The van der Waals surface area contributed by atoms with Crippen LogP contribution in [0.25, 0.3) is 22.0 Å². The number of H-pyrrole nitrogens is 2. The van der Waals surface area contributed by atoms with Gasteiger partial charge in [-0.1, -0.05) is 24.3 Å². The molecule has 142 valence electrons. The summed E-state index contributed by atoms with van der Waals surface area (Å²) in [5, 5.41) is 10.8. The molecular weight excluding hydrogens is 354 g/mol. The summed E-state index contributed by atoms with van der Waals surface area (Å²) in [6.45, 7) is 0.291. The topological polar surface area (TPSA) is 109 Å². The maximum Gasteiger partial charge on any atom is 0.253 e. The van der Waals surface area contributed by atoms with Gasteiger partial charge in [-0.15, -0.1) is 0 Å². The van der Waals surface area contributed by atoms with Crippen LogP contribution in [-0.4, -0.2) is 34.7 Å². The average Bonchev–Trinajstić information content (AvgIpc) is 3.41. The Morgan fingerprint density at radius 1 is 1.21 bits per heavy atom. The average molecular weight is 375 g/mol. The molecule has 28 heavy (non-hydrogen) atoms. The zero-order valence-corrected chi connectivity index (χ0v) is 15.4. The van der Waals surface area contributed by atoms with E-state index in [4.69, 9.17) is 10.5 Å². The minimum absolute atomic E-state index is 0.183. The standard InChI is InChI=1S/C21H21N5O2/c1-28-15-7-5-13(6-8-15)19(9-22)26-21(27)17-4-2-3-16-18(12-23-20(16)17)14-10-24-25-11-14/h2-8,10-12,19,23H,9,22H2,1H3,(H,24,25)(H,26,27)/t19-/m1/s1. The summed E-state index contributed by atoms with van der Waals surface area (Å²) < 4.78 is 5.18. The predicted octanol–water partition coefficient (Wildman–Crippen LogP) is 3.00. The van der Waals surface area contributed by atoms with Crippen molar-refractivity contribution in [1.29, 1.82) is 0 Å². The molecule has 2 aromatic carbocycles. The molecule has 1 amide bonds. The molecule has 0 aliphatic rings. The third kappa shape index (κ3) is 3.23. The highest BCUT2D eigenvalue weighted by Crippen LogP contribution is 2.30. The summed E-state index contributed by atoms with van der Waals surface area (Å²) in [6.07, 6.45) is 5.46. The Balaban J connectivity index is 1.63. The number of nitrogens with one attached hydrogen (secondary N) is 3. The fraction of sp³-hybridized carbons (Fsp3) is 0.143. The van der Waals surface area contributed by atoms with Gasteiger partial charge in [0.25, 0.3) is 5.91 Å². The smallest absolute Gasteiger partial charge is 0.253 e. The number of nitrogens with zero attached hydrogens (tertiary/aromatic N) is 1. The Kier molecular flexibility index (Phi) is 4.82. The molecule has 0 radical (unpaired) electrons. The molecule has 0 unspecified atom stereocenters. The summed E-state index contributed by atoms with van der Waals surface area (Å²) in [5.74, 6) is 0.575. The molecule has 4 aromatic rings. The maximum absolute atomic E-state index is 13.0. The number of hydrogen-bond acceptors (Lipinski definition) is 4. The first-order valence-corrected chi connectivity index (χ1v) is 8.95. The fourth-order valence-corrected chi connectivity index (χ4v) is 3.33. The monoisotopic (exact) mass is 375 g/mol. The van der Waals surface area contributed by atoms with Crippen LogP contribution in [0.3, 0.4) is 0 Å². The van der Waals surface area contributed by atoms with Crippen LogP contribution in [0.1, 0.15) is 22.0 Å². The van der Waals surface area contributed by atoms with E-state index in [-0.39, 0.29) is 11.9 Å². The van der Waals surface area contributed by atoms with Gasteiger partial charge in [0.2, 0.25) is 0 Å². The summed E-state index contributed by atoms with van der Waals surface area (Å²) in [4.78, 5) is 16.2. The zero-order valence-electron chi connectivity index (χ0n) is 15.4. The normalized spacial score (nSPS) is 12.1. The van der Waals surface area contributed by atoms with Crippen LogP contribution in [0.4, 0.5) is 0 Å². The summed E-state index contributed by atoms with van der Waals surface area (Å²) in [6, 6.07) is 12.9. The highest BCUT2D eigenvalue weighted by atomic mass is 16.5. The van der Waals surface area contributed by atoms with E-state index in [1.54, 1.807) is 19.4 Å². The number of aromatic amines is 2. The van der Waals surface area contributed by atoms with Gasteiger partial charge in [-0.3, -0.25) is 9.89 Å². The van der Waals surface area contributed by atoms with Crippen molar-refractivity contribution in [3.05, 3.63) is 72.2 Å². The van der Waals surface area contributed by atoms with Crippen molar-refractivity contribution in [2.45, 2.75) is 6.04 Å². The van der Waals surface area contributed by atoms with Gasteiger partial charge in [0, 0.05) is 35.5 Å². The molecule has 0 aliphatic heterocycles. The Bertz CT molecular complexity index is 1080. The van der Waals surface area contributed by atoms with Gasteiger partial charge in [0.05, 0.1) is 30.4 Å². The minimum atomic E-state index is -0.294. The maximum atomic E-state index is 13.0. The van der Waals surface area contributed by atoms with E-state index in [2.05, 4.69) is 20.5 Å². The number of rotatable bonds is 6. The van der Waals surface area contributed by atoms with Crippen LogP contribution in [0, 0.1) is 0 Å². The lowest BCUT2D eigenvalue weighted by Crippen LogP contribution is -2.33. The van der Waals surface area contributed by atoms with Gasteiger partial charge >= 0.3 is 0 Å². The summed E-state index contributed by atoms with van der Waals surface area (Å²) in [7, 11) is 1.62. The second-order valence-corrected chi connectivity index (χ2v) is 6.45. The first-order valence-electron chi connectivity index (χ1n) is 8.95. The number of nitrogens with two attached hydrogens (primary N) is 1. The van der Waals surface area contributed by atoms with Crippen LogP contribution >= 0.6 is 0 Å². The SMILES string of the molecule is COc1ccc([C@@H](CN)NC(=O)c2cccc3c(-c4cn[nH]c4)c[nH]c23)cc1. The van der Waals surface area contributed by atoms with E-state index in [9.17, 15) is 4.79 Å². The molecule has 0 spiro atoms. The van der Waals surface area contributed by atoms with E-state index in [0.29, 0.717) is 12.1 Å². The lowest BCUT2D eigenvalue weighted by Gasteiger charge is -2.18. The number of hydrogen-bond donors (Lipinski definition) is 4. The van der Waals surface area contributed by atoms with Gasteiger partial charge in [0.15, 0.2) is 0 Å². The number of ether oxygens (including phenoxy) is 1. The molecule has 1 atom stereocenters. The number of benzene rings is 2. The highest BCUT2D eigenvalue weighted by Gasteiger charge is 2.18. The molecule has 4 rings (SSSR count). The summed E-state index contributed by atoms with van der Waals surface area (Å²) >= 11 is 0. The zero-order chi connectivity index (χ0) is 19.5. The van der Waals surface area contributed by atoms with Crippen LogP contribution in [-0.2, 0) is 0 Å². The van der Waals surface area contributed by atoms with Crippen molar-refractivity contribution in [2.75, 3.05) is 13.7 Å². The van der Waals surface area contributed by atoms with E-state index in [0.717, 1.165) is 33.3 Å². The van der Waals surface area contributed by atoms with Gasteiger partial charge < -0.3 is 20.8 Å². The number of para-hydroxylation sites is 1. The minimum Gasteiger partial charge on any atom is -0.497 e. The van der Waals surface area contributed by atoms with Crippen LogP contribution < -0.4 is 15.8 Å². The first kappa shape index (κ1) is 17.8. The predicted molar refractivity (Wildman–Crippen MR) is 108 cm³/mol. The van der Waals surface area contributed by atoms with E-state index in [1.165, 1.54) is 0 Å². The second-order valence-electron chi connectivity index (χ2n) is 6.45. The Morgan fingerprint density at radius 2 is 2.04 bits per heavy atom. The van der Waals surface area contributed by atoms with Crippen LogP contribution in [0.2, 0.25) is 0 Å². The van der Waals surface area contributed by atoms with Crippen LogP contribution in [0.15, 0.2) is 61.1 Å². The van der Waals surface area contributed by atoms with Gasteiger partial charge in [-0.05, 0) is 23.8 Å². The first-order chi connectivity index (χ1) is 13.7. The number of carbonyl (C=O) groups is 1. The molecule has 0 bridgehead atoms. The van der Waals surface area contributed by atoms with Crippen molar-refractivity contribution >= 4 is 16.8 Å². The highest BCUT2D eigenvalue weighted by molar-refractivity contribution is 6.09. The number of methoxy groups -OCH3 is 1. The van der Waals surface area contributed by atoms with E-state index < -0.39 is 0 Å². The Labute approximate surface area is 161 Å². The van der Waals surface area contributed by atoms with E-state index in [1.807, 2.05) is 48.8 Å². The van der Waals surface area contributed by atoms with E-state index >= 15 is 0 Å². The summed E-state index contributed by atoms with van der Waals surface area (Å²) in [5.41, 5.74) is 10.1. The molecular formula is C21H21N5O2. The van der Waals surface area contributed by atoms with Gasteiger partial charge in [-0.2, -0.15) is 5.10 Å². The molecule has 0 saturated heterocycles. The molecule has 2 aromatic heterocycles. The molecule has 7 heteroatoms. The molecule has 2 heterocycles. The number of carbonyl (C=O) groups excluding carboxylic acids is 1. The lowest BCUT2D eigenvalue weighted by atomic mass is 10.0. The molecule has 7 nitrogen and oxygen atoms in total. The molecule has 5 N–H and O–H groups in total. The third-order valence-electron chi connectivity index (χ3n) is 4.83. The van der Waals surface area contributed by atoms with Crippen molar-refractivity contribution < 1.29 is 9.53 Å². The van der Waals surface area contributed by atoms with Crippen molar-refractivity contribution in [1.82, 2.24) is 20.5 Å². The molecule has 0 aliphatic carbocycles. The van der Waals surface area contributed by atoms with Crippen LogP contribution in [0.5, 0.6) is 5.75 Å². The second kappa shape index (κ2) is 7.58. The quantitative estimate of drug-likeness (QED) is 0.415.